The van der Waals surface area contributed by atoms with Crippen LogP contribution in [0.4, 0.5) is 5.13 Å². The van der Waals surface area contributed by atoms with Crippen molar-refractivity contribution in [2.24, 2.45) is 5.92 Å². The van der Waals surface area contributed by atoms with Crippen LogP contribution in [-0.2, 0) is 12.8 Å². The third-order valence-electron chi connectivity index (χ3n) is 4.29. The number of hydrogen-bond acceptors (Lipinski definition) is 4. The minimum atomic E-state index is -0.152. The minimum absolute atomic E-state index is 0.152. The van der Waals surface area contributed by atoms with E-state index in [1.165, 1.54) is 11.3 Å². The van der Waals surface area contributed by atoms with Crippen LogP contribution >= 0.6 is 11.3 Å². The normalized spacial score (nSPS) is 16.5. The van der Waals surface area contributed by atoms with Crippen molar-refractivity contribution in [3.8, 4) is 5.75 Å². The zero-order valence-corrected chi connectivity index (χ0v) is 15.1. The summed E-state index contributed by atoms with van der Waals surface area (Å²) in [5, 5.41) is 3.65. The number of rotatable bonds is 6. The third kappa shape index (κ3) is 3.96. The van der Waals surface area contributed by atoms with Crippen molar-refractivity contribution in [1.82, 2.24) is 4.98 Å². The number of ether oxygens (including phenoxy) is 1. The van der Waals surface area contributed by atoms with Crippen molar-refractivity contribution in [3.05, 3.63) is 40.4 Å². The Labute approximate surface area is 147 Å². The van der Waals surface area contributed by atoms with Gasteiger partial charge in [0.1, 0.15) is 5.75 Å². The Bertz CT molecular complexity index is 711. The molecule has 24 heavy (non-hydrogen) atoms. The van der Waals surface area contributed by atoms with Crippen LogP contribution in [0.5, 0.6) is 5.75 Å². The Kier molecular flexibility index (Phi) is 5.51. The molecule has 1 heterocycles. The molecule has 0 radical (unpaired) electrons. The van der Waals surface area contributed by atoms with E-state index >= 15 is 0 Å². The number of aryl methyl sites for hydroxylation is 1. The molecular weight excluding hydrogens is 320 g/mol. The molecule has 2 aromatic rings. The molecule has 0 bridgehead atoms. The van der Waals surface area contributed by atoms with Crippen molar-refractivity contribution >= 4 is 22.4 Å². The van der Waals surface area contributed by atoms with E-state index in [2.05, 4.69) is 24.1 Å². The SMILES string of the molecule is CCCCOc1ccccc1C(=O)Nc1nc2c(s1)CC(C)CC2. The maximum atomic E-state index is 12.6. The molecule has 1 aromatic carbocycles. The minimum Gasteiger partial charge on any atom is -0.493 e. The van der Waals surface area contributed by atoms with Gasteiger partial charge in [0.25, 0.3) is 5.91 Å². The number of fused-ring (bicyclic) bond motifs is 1. The Morgan fingerprint density at radius 3 is 3.08 bits per heavy atom. The smallest absolute Gasteiger partial charge is 0.261 e. The molecule has 0 saturated heterocycles. The molecule has 0 fully saturated rings. The van der Waals surface area contributed by atoms with Crippen LogP contribution in [0.2, 0.25) is 0 Å². The van der Waals surface area contributed by atoms with E-state index in [9.17, 15) is 4.79 Å². The zero-order chi connectivity index (χ0) is 16.9. The lowest BCUT2D eigenvalue weighted by Crippen LogP contribution is -2.14. The Hall–Kier alpha value is -1.88. The number of benzene rings is 1. The number of aromatic nitrogens is 1. The van der Waals surface area contributed by atoms with Crippen LogP contribution < -0.4 is 10.1 Å². The van der Waals surface area contributed by atoms with Crippen LogP contribution in [0, 0.1) is 5.92 Å². The summed E-state index contributed by atoms with van der Waals surface area (Å²) in [6.45, 7) is 5.02. The summed E-state index contributed by atoms with van der Waals surface area (Å²) in [5.74, 6) is 1.19. The highest BCUT2D eigenvalue weighted by atomic mass is 32.1. The van der Waals surface area contributed by atoms with Crippen molar-refractivity contribution in [1.29, 1.82) is 0 Å². The van der Waals surface area contributed by atoms with Gasteiger partial charge in [-0.2, -0.15) is 0 Å². The maximum absolute atomic E-state index is 12.6. The van der Waals surface area contributed by atoms with E-state index in [4.69, 9.17) is 4.74 Å². The second-order valence-corrected chi connectivity index (χ2v) is 7.47. The standard InChI is InChI=1S/C19H24N2O2S/c1-3-4-11-23-16-8-6-5-7-14(16)18(22)21-19-20-15-10-9-13(2)12-17(15)24-19/h5-8,13H,3-4,9-12H2,1-2H3,(H,20,21,22). The molecule has 5 heteroatoms. The zero-order valence-electron chi connectivity index (χ0n) is 14.3. The first-order chi connectivity index (χ1) is 11.7. The fraction of sp³-hybridized carbons (Fsp3) is 0.474. The highest BCUT2D eigenvalue weighted by Gasteiger charge is 2.21. The van der Waals surface area contributed by atoms with Gasteiger partial charge in [-0.3, -0.25) is 10.1 Å². The number of para-hydroxylation sites is 1. The van der Waals surface area contributed by atoms with Crippen LogP contribution in [-0.4, -0.2) is 17.5 Å². The number of nitrogens with one attached hydrogen (secondary N) is 1. The van der Waals surface area contributed by atoms with E-state index in [1.54, 1.807) is 17.4 Å². The number of carbonyl (C=O) groups is 1. The highest BCUT2D eigenvalue weighted by Crippen LogP contribution is 2.32. The molecule has 1 aromatic heterocycles. The van der Waals surface area contributed by atoms with E-state index in [1.807, 2.05) is 18.2 Å². The van der Waals surface area contributed by atoms with Crippen molar-refractivity contribution < 1.29 is 9.53 Å². The molecule has 0 spiro atoms. The van der Waals surface area contributed by atoms with Gasteiger partial charge in [0.15, 0.2) is 5.13 Å². The molecule has 3 rings (SSSR count). The first-order valence-electron chi connectivity index (χ1n) is 8.69. The van der Waals surface area contributed by atoms with Gasteiger partial charge in [-0.15, -0.1) is 11.3 Å². The van der Waals surface area contributed by atoms with Gasteiger partial charge in [0.2, 0.25) is 0 Å². The topological polar surface area (TPSA) is 51.2 Å². The van der Waals surface area contributed by atoms with E-state index < -0.39 is 0 Å². The number of carbonyl (C=O) groups excluding carboxylic acids is 1. The van der Waals surface area contributed by atoms with Gasteiger partial charge >= 0.3 is 0 Å². The summed E-state index contributed by atoms with van der Waals surface area (Å²) in [6.07, 6.45) is 5.31. The number of anilines is 1. The van der Waals surface area contributed by atoms with E-state index in [-0.39, 0.29) is 5.91 Å². The highest BCUT2D eigenvalue weighted by molar-refractivity contribution is 7.15. The van der Waals surface area contributed by atoms with Crippen LogP contribution in [0.3, 0.4) is 0 Å². The molecule has 1 aliphatic rings. The third-order valence-corrected chi connectivity index (χ3v) is 5.33. The van der Waals surface area contributed by atoms with Gasteiger partial charge in [0, 0.05) is 4.88 Å². The van der Waals surface area contributed by atoms with Crippen LogP contribution in [0.1, 0.15) is 54.0 Å². The molecule has 4 nitrogen and oxygen atoms in total. The van der Waals surface area contributed by atoms with Gasteiger partial charge in [-0.25, -0.2) is 4.98 Å². The maximum Gasteiger partial charge on any atom is 0.261 e. The molecule has 1 aliphatic carbocycles. The quantitative estimate of drug-likeness (QED) is 0.773. The fourth-order valence-electron chi connectivity index (χ4n) is 2.86. The van der Waals surface area contributed by atoms with Crippen molar-refractivity contribution in [2.45, 2.75) is 46.0 Å². The second kappa shape index (κ2) is 7.79. The first-order valence-corrected chi connectivity index (χ1v) is 9.50. The fourth-order valence-corrected chi connectivity index (χ4v) is 4.03. The molecule has 1 atom stereocenters. The number of unbranched alkanes of at least 4 members (excludes halogenated alkanes) is 1. The van der Waals surface area contributed by atoms with Crippen LogP contribution in [0.25, 0.3) is 0 Å². The molecule has 0 saturated carbocycles. The largest absolute Gasteiger partial charge is 0.493 e. The Morgan fingerprint density at radius 2 is 2.25 bits per heavy atom. The van der Waals surface area contributed by atoms with Gasteiger partial charge in [-0.1, -0.05) is 32.4 Å². The summed E-state index contributed by atoms with van der Waals surface area (Å²) in [7, 11) is 0. The number of hydrogen-bond donors (Lipinski definition) is 1. The van der Waals surface area contributed by atoms with Gasteiger partial charge < -0.3 is 4.74 Å². The molecular formula is C19H24N2O2S. The summed E-state index contributed by atoms with van der Waals surface area (Å²) in [4.78, 5) is 18.5. The number of amides is 1. The molecule has 0 aliphatic heterocycles. The van der Waals surface area contributed by atoms with Crippen LogP contribution in [0.15, 0.2) is 24.3 Å². The summed E-state index contributed by atoms with van der Waals surface area (Å²) < 4.78 is 5.75. The van der Waals surface area contributed by atoms with Gasteiger partial charge in [-0.05, 0) is 43.7 Å². The predicted molar refractivity (Wildman–Crippen MR) is 98.1 cm³/mol. The lowest BCUT2D eigenvalue weighted by atomic mass is 9.93. The first kappa shape index (κ1) is 17.0. The number of nitrogens with zero attached hydrogens (tertiary/aromatic N) is 1. The molecule has 1 amide bonds. The monoisotopic (exact) mass is 344 g/mol. The van der Waals surface area contributed by atoms with E-state index in [0.717, 1.165) is 31.4 Å². The summed E-state index contributed by atoms with van der Waals surface area (Å²) in [6, 6.07) is 7.39. The lowest BCUT2D eigenvalue weighted by molar-refractivity contribution is 0.102. The summed E-state index contributed by atoms with van der Waals surface area (Å²) in [5.41, 5.74) is 1.72. The average molecular weight is 344 g/mol. The Balaban J connectivity index is 1.71. The van der Waals surface area contributed by atoms with Gasteiger partial charge in [0.05, 0.1) is 17.9 Å². The molecule has 128 valence electrons. The average Bonchev–Trinajstić information content (AvgIpc) is 2.96. The van der Waals surface area contributed by atoms with Crippen molar-refractivity contribution in [3.63, 3.8) is 0 Å². The predicted octanol–water partition coefficient (Wildman–Crippen LogP) is 4.70. The van der Waals surface area contributed by atoms with E-state index in [0.29, 0.717) is 29.0 Å². The second-order valence-electron chi connectivity index (χ2n) is 6.39. The lowest BCUT2D eigenvalue weighted by Gasteiger charge is -2.15. The number of thiazole rings is 1. The van der Waals surface area contributed by atoms with Crippen molar-refractivity contribution in [2.75, 3.05) is 11.9 Å². The Morgan fingerprint density at radius 1 is 1.42 bits per heavy atom. The summed E-state index contributed by atoms with van der Waals surface area (Å²) >= 11 is 1.61. The molecule has 1 unspecified atom stereocenters. The molecule has 1 N–H and O–H groups in total.